The van der Waals surface area contributed by atoms with Crippen molar-refractivity contribution in [3.8, 4) is 0 Å². The Kier molecular flexibility index (Phi) is 4.30. The van der Waals surface area contributed by atoms with Crippen LogP contribution in [0.25, 0.3) is 11.0 Å². The van der Waals surface area contributed by atoms with Gasteiger partial charge in [0, 0.05) is 8.59 Å². The number of rotatable bonds is 2. The Morgan fingerprint density at radius 1 is 1.19 bits per heavy atom. The lowest BCUT2D eigenvalue weighted by Crippen LogP contribution is -2.14. The highest BCUT2D eigenvalue weighted by Gasteiger charge is 2.16. The predicted octanol–water partition coefficient (Wildman–Crippen LogP) is 4.86. The van der Waals surface area contributed by atoms with E-state index in [9.17, 15) is 4.79 Å². The Balaban J connectivity index is 2.02. The summed E-state index contributed by atoms with van der Waals surface area (Å²) in [6, 6.07) is 8.58. The molecule has 4 nitrogen and oxygen atoms in total. The van der Waals surface area contributed by atoms with Crippen LogP contribution in [0.1, 0.15) is 10.4 Å². The minimum absolute atomic E-state index is 0.288. The van der Waals surface area contributed by atoms with E-state index in [-0.39, 0.29) is 5.91 Å². The summed E-state index contributed by atoms with van der Waals surface area (Å²) in [5.74, 6) is -0.288. The highest BCUT2D eigenvalue weighted by molar-refractivity contribution is 14.1. The molecule has 1 aromatic heterocycles. The zero-order valence-electron chi connectivity index (χ0n) is 10.2. The summed E-state index contributed by atoms with van der Waals surface area (Å²) < 4.78 is 9.10. The van der Waals surface area contributed by atoms with Crippen LogP contribution >= 0.6 is 57.5 Å². The number of carbonyl (C=O) groups excluding carboxylic acids is 1. The first-order chi connectivity index (χ1) is 10.1. The highest BCUT2D eigenvalue weighted by atomic mass is 127. The van der Waals surface area contributed by atoms with Crippen LogP contribution in [0, 0.1) is 3.57 Å². The summed E-state index contributed by atoms with van der Waals surface area (Å²) in [5, 5.41) is 3.71. The second kappa shape index (κ2) is 6.04. The molecule has 0 aliphatic carbocycles. The van der Waals surface area contributed by atoms with Gasteiger partial charge in [0.25, 0.3) is 5.91 Å². The largest absolute Gasteiger partial charge is 0.319 e. The molecule has 0 unspecified atom stereocenters. The van der Waals surface area contributed by atoms with E-state index >= 15 is 0 Å². The Morgan fingerprint density at radius 2 is 2.00 bits per heavy atom. The van der Waals surface area contributed by atoms with Gasteiger partial charge in [0.15, 0.2) is 0 Å². The summed E-state index contributed by atoms with van der Waals surface area (Å²) in [6.45, 7) is 0. The van der Waals surface area contributed by atoms with E-state index in [2.05, 4.69) is 36.7 Å². The molecule has 3 aromatic rings. The van der Waals surface area contributed by atoms with E-state index in [1.165, 1.54) is 0 Å². The van der Waals surface area contributed by atoms with Gasteiger partial charge in [-0.3, -0.25) is 4.79 Å². The molecule has 0 fully saturated rings. The van der Waals surface area contributed by atoms with E-state index in [1.807, 2.05) is 0 Å². The van der Waals surface area contributed by atoms with Crippen LogP contribution in [0.2, 0.25) is 10.0 Å². The quantitative estimate of drug-likeness (QED) is 0.568. The molecule has 0 atom stereocenters. The van der Waals surface area contributed by atoms with Crippen LogP contribution < -0.4 is 5.32 Å². The number of carbonyl (C=O) groups is 1. The molecule has 21 heavy (non-hydrogen) atoms. The number of hydrogen-bond acceptors (Lipinski definition) is 4. The van der Waals surface area contributed by atoms with Crippen molar-refractivity contribution in [1.29, 1.82) is 0 Å². The van der Waals surface area contributed by atoms with Gasteiger partial charge >= 0.3 is 0 Å². The standard InChI is InChI=1S/C13H6Cl2IN3OS/c14-6-1-3-9(16)7(5-6)13(20)17-11-8(15)2-4-10-12(11)19-21-18-10/h1-5H,(H,17,20). The monoisotopic (exact) mass is 449 g/mol. The molecule has 1 amide bonds. The van der Waals surface area contributed by atoms with Gasteiger partial charge in [-0.05, 0) is 52.9 Å². The van der Waals surface area contributed by atoms with Crippen LogP contribution in [0.4, 0.5) is 5.69 Å². The van der Waals surface area contributed by atoms with Crippen molar-refractivity contribution in [3.63, 3.8) is 0 Å². The van der Waals surface area contributed by atoms with Gasteiger partial charge in [-0.15, -0.1) is 0 Å². The summed E-state index contributed by atoms with van der Waals surface area (Å²) in [6.07, 6.45) is 0. The van der Waals surface area contributed by atoms with Crippen molar-refractivity contribution < 1.29 is 4.79 Å². The molecule has 8 heteroatoms. The van der Waals surface area contributed by atoms with Crippen molar-refractivity contribution in [2.24, 2.45) is 0 Å². The second-order valence-corrected chi connectivity index (χ2v) is 6.67. The zero-order chi connectivity index (χ0) is 15.0. The third-order valence-corrected chi connectivity index (χ3v) is 4.82. The van der Waals surface area contributed by atoms with Crippen molar-refractivity contribution in [3.05, 3.63) is 49.5 Å². The SMILES string of the molecule is O=C(Nc1c(Cl)ccc2nsnc12)c1cc(Cl)ccc1I. The Bertz CT molecular complexity index is 853. The molecule has 0 spiro atoms. The number of hydrogen-bond donors (Lipinski definition) is 1. The molecule has 0 aliphatic heterocycles. The minimum atomic E-state index is -0.288. The zero-order valence-corrected chi connectivity index (χ0v) is 14.7. The molecule has 0 aliphatic rings. The Morgan fingerprint density at radius 3 is 2.81 bits per heavy atom. The number of aromatic nitrogens is 2. The van der Waals surface area contributed by atoms with Crippen LogP contribution in [-0.4, -0.2) is 14.7 Å². The lowest BCUT2D eigenvalue weighted by atomic mass is 10.2. The van der Waals surface area contributed by atoms with Gasteiger partial charge in [0.05, 0.1) is 28.0 Å². The number of halogens is 3. The molecule has 2 aromatic carbocycles. The average molecular weight is 450 g/mol. The summed E-state index contributed by atoms with van der Waals surface area (Å²) in [4.78, 5) is 12.4. The first kappa shape index (κ1) is 15.0. The minimum Gasteiger partial charge on any atom is -0.319 e. The van der Waals surface area contributed by atoms with Gasteiger partial charge in [-0.1, -0.05) is 23.2 Å². The number of anilines is 1. The van der Waals surface area contributed by atoms with E-state index in [4.69, 9.17) is 23.2 Å². The Hall–Kier alpha value is -0.960. The molecule has 1 heterocycles. The molecule has 0 saturated heterocycles. The van der Waals surface area contributed by atoms with Crippen LogP contribution in [0.3, 0.4) is 0 Å². The summed E-state index contributed by atoms with van der Waals surface area (Å²) >= 11 is 15.3. The number of fused-ring (bicyclic) bond motifs is 1. The first-order valence-electron chi connectivity index (χ1n) is 5.73. The van der Waals surface area contributed by atoms with Gasteiger partial charge in [-0.2, -0.15) is 8.75 Å². The fraction of sp³-hybridized carbons (Fsp3) is 0. The predicted molar refractivity (Wildman–Crippen MR) is 94.5 cm³/mol. The smallest absolute Gasteiger partial charge is 0.256 e. The summed E-state index contributed by atoms with van der Waals surface area (Å²) in [7, 11) is 0. The first-order valence-corrected chi connectivity index (χ1v) is 8.30. The number of nitrogens with one attached hydrogen (secondary N) is 1. The van der Waals surface area contributed by atoms with Crippen LogP contribution in [0.15, 0.2) is 30.3 Å². The lowest BCUT2D eigenvalue weighted by Gasteiger charge is -2.09. The summed E-state index contributed by atoms with van der Waals surface area (Å²) in [5.41, 5.74) is 2.22. The van der Waals surface area contributed by atoms with E-state index < -0.39 is 0 Å². The van der Waals surface area contributed by atoms with E-state index in [0.29, 0.717) is 32.3 Å². The van der Waals surface area contributed by atoms with Crippen molar-refractivity contribution >= 4 is 80.1 Å². The van der Waals surface area contributed by atoms with Gasteiger partial charge in [0.2, 0.25) is 0 Å². The van der Waals surface area contributed by atoms with Crippen LogP contribution in [0.5, 0.6) is 0 Å². The van der Waals surface area contributed by atoms with Gasteiger partial charge in [-0.25, -0.2) is 0 Å². The number of amides is 1. The second-order valence-electron chi connectivity index (χ2n) is 4.13. The van der Waals surface area contributed by atoms with Crippen LogP contribution in [-0.2, 0) is 0 Å². The van der Waals surface area contributed by atoms with Crippen molar-refractivity contribution in [2.45, 2.75) is 0 Å². The van der Waals surface area contributed by atoms with Crippen molar-refractivity contribution in [1.82, 2.24) is 8.75 Å². The normalized spacial score (nSPS) is 10.8. The number of nitrogens with zero attached hydrogens (tertiary/aromatic N) is 2. The van der Waals surface area contributed by atoms with Gasteiger partial charge in [0.1, 0.15) is 11.0 Å². The molecular formula is C13H6Cl2IN3OS. The third-order valence-electron chi connectivity index (χ3n) is 2.79. The van der Waals surface area contributed by atoms with Crippen molar-refractivity contribution in [2.75, 3.05) is 5.32 Å². The molecule has 1 N–H and O–H groups in total. The third kappa shape index (κ3) is 2.98. The molecule has 0 saturated carbocycles. The molecule has 0 bridgehead atoms. The maximum Gasteiger partial charge on any atom is 0.256 e. The van der Waals surface area contributed by atoms with E-state index in [1.54, 1.807) is 30.3 Å². The molecular weight excluding hydrogens is 444 g/mol. The topological polar surface area (TPSA) is 54.9 Å². The molecule has 3 rings (SSSR count). The molecule has 106 valence electrons. The average Bonchev–Trinajstić information content (AvgIpc) is 2.93. The number of benzene rings is 2. The van der Waals surface area contributed by atoms with E-state index in [0.717, 1.165) is 15.3 Å². The fourth-order valence-electron chi connectivity index (χ4n) is 1.80. The maximum atomic E-state index is 12.4. The van der Waals surface area contributed by atoms with Gasteiger partial charge < -0.3 is 5.32 Å². The Labute approximate surface area is 147 Å². The molecule has 0 radical (unpaired) electrons. The maximum absolute atomic E-state index is 12.4. The fourth-order valence-corrected chi connectivity index (χ4v) is 3.29. The lowest BCUT2D eigenvalue weighted by molar-refractivity contribution is 0.102. The highest BCUT2D eigenvalue weighted by Crippen LogP contribution is 2.30.